The quantitative estimate of drug-likeness (QED) is 0.143. The number of ether oxygens (including phenoxy) is 7. The SMILES string of the molecule is CCCCCCCCCC(=O)OC[C@H](CO)O[C@@H]1O[C@H](COC(C)=O)[C@@H](OC(C)=O)[C@H](OC(C)=O)[C@H]1OC(C)=O. The Hall–Kier alpha value is -2.77. The largest absolute Gasteiger partial charge is 0.463 e. The van der Waals surface area contributed by atoms with Gasteiger partial charge in [-0.25, -0.2) is 0 Å². The third-order valence-corrected chi connectivity index (χ3v) is 5.89. The molecule has 0 aromatic rings. The van der Waals surface area contributed by atoms with Gasteiger partial charge in [-0.3, -0.25) is 24.0 Å². The Morgan fingerprint density at radius 2 is 1.27 bits per heavy atom. The van der Waals surface area contributed by atoms with E-state index in [1.54, 1.807) is 0 Å². The Bertz CT molecular complexity index is 814. The Balaban J connectivity index is 2.95. The highest BCUT2D eigenvalue weighted by atomic mass is 16.7. The second-order valence-electron chi connectivity index (χ2n) is 9.56. The van der Waals surface area contributed by atoms with Crippen LogP contribution in [0.15, 0.2) is 0 Å². The number of aliphatic hydroxyl groups is 1. The average molecular weight is 577 g/mol. The van der Waals surface area contributed by atoms with Crippen molar-refractivity contribution >= 4 is 29.8 Å². The summed E-state index contributed by atoms with van der Waals surface area (Å²) in [6.07, 6.45) is -0.496. The third kappa shape index (κ3) is 14.0. The van der Waals surface area contributed by atoms with E-state index < -0.39 is 79.9 Å². The van der Waals surface area contributed by atoms with Crippen molar-refractivity contribution in [2.45, 2.75) is 123 Å². The number of hydrogen-bond acceptors (Lipinski definition) is 13. The van der Waals surface area contributed by atoms with E-state index in [4.69, 9.17) is 33.2 Å². The number of rotatable bonds is 18. The summed E-state index contributed by atoms with van der Waals surface area (Å²) in [5, 5.41) is 9.88. The van der Waals surface area contributed by atoms with E-state index in [9.17, 15) is 29.1 Å². The fourth-order valence-electron chi connectivity index (χ4n) is 4.11. The zero-order chi connectivity index (χ0) is 30.1. The summed E-state index contributed by atoms with van der Waals surface area (Å²) in [6.45, 7) is 5.26. The molecule has 0 spiro atoms. The molecule has 1 rings (SSSR count). The highest BCUT2D eigenvalue weighted by molar-refractivity contribution is 5.69. The van der Waals surface area contributed by atoms with Crippen LogP contribution in [-0.4, -0.2) is 91.6 Å². The maximum absolute atomic E-state index is 12.2. The highest BCUT2D eigenvalue weighted by Crippen LogP contribution is 2.30. The predicted molar refractivity (Wildman–Crippen MR) is 137 cm³/mol. The van der Waals surface area contributed by atoms with Crippen LogP contribution >= 0.6 is 0 Å². The van der Waals surface area contributed by atoms with Gasteiger partial charge in [-0.15, -0.1) is 0 Å². The summed E-state index contributed by atoms with van der Waals surface area (Å²) < 4.78 is 37.9. The van der Waals surface area contributed by atoms with Crippen molar-refractivity contribution in [1.29, 1.82) is 0 Å². The van der Waals surface area contributed by atoms with E-state index in [0.29, 0.717) is 6.42 Å². The Morgan fingerprint density at radius 3 is 1.82 bits per heavy atom. The van der Waals surface area contributed by atoms with Crippen molar-refractivity contribution in [2.24, 2.45) is 0 Å². The first kappa shape index (κ1) is 35.3. The van der Waals surface area contributed by atoms with Crippen molar-refractivity contribution < 1.29 is 62.2 Å². The monoisotopic (exact) mass is 576 g/mol. The van der Waals surface area contributed by atoms with E-state index in [-0.39, 0.29) is 13.0 Å². The van der Waals surface area contributed by atoms with E-state index in [2.05, 4.69) is 6.92 Å². The lowest BCUT2D eigenvalue weighted by Gasteiger charge is -2.44. The van der Waals surface area contributed by atoms with Crippen LogP contribution in [0.3, 0.4) is 0 Å². The molecular weight excluding hydrogens is 532 g/mol. The molecule has 1 aliphatic heterocycles. The van der Waals surface area contributed by atoms with Gasteiger partial charge in [0.05, 0.1) is 6.61 Å². The number of esters is 5. The zero-order valence-electron chi connectivity index (χ0n) is 24.1. The highest BCUT2D eigenvalue weighted by Gasteiger charge is 2.53. The van der Waals surface area contributed by atoms with Crippen LogP contribution in [0.5, 0.6) is 0 Å². The molecule has 1 fully saturated rings. The minimum atomic E-state index is -1.49. The second-order valence-corrected chi connectivity index (χ2v) is 9.56. The molecule has 0 aromatic heterocycles. The molecule has 13 nitrogen and oxygen atoms in total. The van der Waals surface area contributed by atoms with Gasteiger partial charge < -0.3 is 38.3 Å². The van der Waals surface area contributed by atoms with Gasteiger partial charge in [0, 0.05) is 34.1 Å². The fraction of sp³-hybridized carbons (Fsp3) is 0.815. The molecule has 0 bridgehead atoms. The first-order valence-electron chi connectivity index (χ1n) is 13.7. The molecule has 1 saturated heterocycles. The van der Waals surface area contributed by atoms with Crippen molar-refractivity contribution in [1.82, 2.24) is 0 Å². The van der Waals surface area contributed by atoms with Crippen LogP contribution in [0, 0.1) is 0 Å². The summed E-state index contributed by atoms with van der Waals surface area (Å²) in [5.41, 5.74) is 0. The summed E-state index contributed by atoms with van der Waals surface area (Å²) in [6, 6.07) is 0. The molecule has 13 heteroatoms. The van der Waals surface area contributed by atoms with Gasteiger partial charge in [-0.2, -0.15) is 0 Å². The van der Waals surface area contributed by atoms with Gasteiger partial charge in [-0.05, 0) is 6.42 Å². The van der Waals surface area contributed by atoms with Crippen LogP contribution in [0.1, 0.15) is 86.0 Å². The summed E-state index contributed by atoms with van der Waals surface area (Å²) >= 11 is 0. The van der Waals surface area contributed by atoms with Crippen LogP contribution in [0.4, 0.5) is 0 Å². The first-order chi connectivity index (χ1) is 19.0. The first-order valence-corrected chi connectivity index (χ1v) is 13.7. The Kier molecular flexibility index (Phi) is 17.0. The molecule has 0 aromatic carbocycles. The molecule has 1 aliphatic rings. The van der Waals surface area contributed by atoms with Crippen LogP contribution in [-0.2, 0) is 57.1 Å². The topological polar surface area (TPSA) is 170 Å². The average Bonchev–Trinajstić information content (AvgIpc) is 2.87. The zero-order valence-corrected chi connectivity index (χ0v) is 24.1. The summed E-state index contributed by atoms with van der Waals surface area (Å²) in [4.78, 5) is 59.3. The second kappa shape index (κ2) is 19.3. The van der Waals surface area contributed by atoms with E-state index in [1.807, 2.05) is 0 Å². The maximum Gasteiger partial charge on any atom is 0.305 e. The number of hydrogen-bond donors (Lipinski definition) is 1. The van der Waals surface area contributed by atoms with Crippen LogP contribution in [0.25, 0.3) is 0 Å². The molecule has 0 unspecified atom stereocenters. The summed E-state index contributed by atoms with van der Waals surface area (Å²) in [5.74, 6) is -3.46. The van der Waals surface area contributed by atoms with E-state index in [1.165, 1.54) is 12.8 Å². The smallest absolute Gasteiger partial charge is 0.305 e. The van der Waals surface area contributed by atoms with Crippen molar-refractivity contribution in [3.63, 3.8) is 0 Å². The molecule has 0 saturated carbocycles. The standard InChI is InChI=1S/C27H44O13/c1-6-7-8-9-10-11-12-13-23(33)35-15-21(14-28)39-27-26(38-20(5)32)25(37-19(4)31)24(36-18(3)30)22(40-27)16-34-17(2)29/h21-22,24-28H,6-16H2,1-5H3/t21-,22+,24+,25-,26+,27+/m0/s1. The lowest BCUT2D eigenvalue weighted by molar-refractivity contribution is -0.320. The molecule has 0 amide bonds. The van der Waals surface area contributed by atoms with Gasteiger partial charge in [-0.1, -0.05) is 45.4 Å². The minimum absolute atomic E-state index is 0.213. The fourth-order valence-corrected chi connectivity index (χ4v) is 4.11. The Labute approximate surface area is 235 Å². The predicted octanol–water partition coefficient (Wildman–Crippen LogP) is 2.13. The molecule has 0 radical (unpaired) electrons. The minimum Gasteiger partial charge on any atom is -0.463 e. The molecule has 1 N–H and O–H groups in total. The molecule has 1 heterocycles. The molecule has 6 atom stereocenters. The Morgan fingerprint density at radius 1 is 0.725 bits per heavy atom. The molecule has 0 aliphatic carbocycles. The van der Waals surface area contributed by atoms with Crippen molar-refractivity contribution in [3.8, 4) is 0 Å². The van der Waals surface area contributed by atoms with Gasteiger partial charge >= 0.3 is 29.8 Å². The number of carbonyl (C=O) groups is 5. The van der Waals surface area contributed by atoms with Gasteiger partial charge in [0.2, 0.25) is 0 Å². The van der Waals surface area contributed by atoms with Gasteiger partial charge in [0.25, 0.3) is 0 Å². The number of unbranched alkanes of at least 4 members (excludes halogenated alkanes) is 6. The normalized spacial score (nSPS) is 23.0. The van der Waals surface area contributed by atoms with Crippen molar-refractivity contribution in [2.75, 3.05) is 19.8 Å². The lowest BCUT2D eigenvalue weighted by Crippen LogP contribution is -2.63. The molecular formula is C27H44O13. The molecule has 230 valence electrons. The van der Waals surface area contributed by atoms with Gasteiger partial charge in [0.1, 0.15) is 25.4 Å². The van der Waals surface area contributed by atoms with Crippen molar-refractivity contribution in [3.05, 3.63) is 0 Å². The van der Waals surface area contributed by atoms with Gasteiger partial charge in [0.15, 0.2) is 24.6 Å². The summed E-state index contributed by atoms with van der Waals surface area (Å²) in [7, 11) is 0. The number of carbonyl (C=O) groups excluding carboxylic acids is 5. The van der Waals surface area contributed by atoms with Crippen LogP contribution in [0.2, 0.25) is 0 Å². The van der Waals surface area contributed by atoms with E-state index >= 15 is 0 Å². The van der Waals surface area contributed by atoms with Crippen LogP contribution < -0.4 is 0 Å². The maximum atomic E-state index is 12.2. The molecule has 40 heavy (non-hydrogen) atoms. The lowest BCUT2D eigenvalue weighted by atomic mass is 9.98. The third-order valence-electron chi connectivity index (χ3n) is 5.89. The van der Waals surface area contributed by atoms with E-state index in [0.717, 1.165) is 53.4 Å². The number of aliphatic hydroxyl groups excluding tert-OH is 1.